The maximum Gasteiger partial charge on any atom is 0.246 e. The Bertz CT molecular complexity index is 668. The fraction of sp³-hybridized carbons (Fsp3) is 0.357. The number of carbonyl (C=O) groups is 1. The molecule has 2 N–H and O–H groups in total. The molecule has 2 aromatic heterocycles. The normalized spacial score (nSPS) is 16.9. The molecule has 7 nitrogen and oxygen atoms in total. The van der Waals surface area contributed by atoms with Crippen molar-refractivity contribution in [2.75, 3.05) is 22.6 Å². The molecule has 7 heteroatoms. The maximum atomic E-state index is 11.9. The van der Waals surface area contributed by atoms with Gasteiger partial charge in [-0.25, -0.2) is 9.97 Å². The lowest BCUT2D eigenvalue weighted by atomic mass is 10.2. The summed E-state index contributed by atoms with van der Waals surface area (Å²) in [4.78, 5) is 22.6. The molecule has 1 unspecified atom stereocenters. The zero-order chi connectivity index (χ0) is 15.0. The van der Waals surface area contributed by atoms with Crippen LogP contribution in [0.1, 0.15) is 18.5 Å². The standard InChI is InChI=1S/C14H17N5O2/c1-8-14(20)18-11-12(15-8)16-9(2)17-13(11)19(3)7-10-5-4-6-21-10/h4-6,8H,7H2,1-3H3,(H,18,20)(H,15,16,17). The Labute approximate surface area is 122 Å². The van der Waals surface area contributed by atoms with Gasteiger partial charge in [-0.3, -0.25) is 4.79 Å². The third-order valence-electron chi connectivity index (χ3n) is 3.33. The van der Waals surface area contributed by atoms with E-state index in [0.717, 1.165) is 5.76 Å². The molecule has 0 saturated carbocycles. The second kappa shape index (κ2) is 5.08. The van der Waals surface area contributed by atoms with Gasteiger partial charge in [0.05, 0.1) is 12.8 Å². The van der Waals surface area contributed by atoms with Crippen molar-refractivity contribution < 1.29 is 9.21 Å². The number of hydrogen-bond acceptors (Lipinski definition) is 6. The number of nitrogens with one attached hydrogen (secondary N) is 2. The molecule has 0 spiro atoms. The molecule has 1 amide bonds. The first-order chi connectivity index (χ1) is 10.0. The molecule has 3 heterocycles. The lowest BCUT2D eigenvalue weighted by Gasteiger charge is -2.28. The Morgan fingerprint density at radius 2 is 2.24 bits per heavy atom. The Morgan fingerprint density at radius 1 is 1.43 bits per heavy atom. The van der Waals surface area contributed by atoms with Crippen molar-refractivity contribution in [3.63, 3.8) is 0 Å². The largest absolute Gasteiger partial charge is 0.467 e. The first-order valence-electron chi connectivity index (χ1n) is 6.74. The summed E-state index contributed by atoms with van der Waals surface area (Å²) >= 11 is 0. The van der Waals surface area contributed by atoms with E-state index in [2.05, 4.69) is 20.6 Å². The predicted molar refractivity (Wildman–Crippen MR) is 79.3 cm³/mol. The number of aromatic nitrogens is 2. The van der Waals surface area contributed by atoms with E-state index < -0.39 is 0 Å². The van der Waals surface area contributed by atoms with E-state index in [4.69, 9.17) is 4.42 Å². The summed E-state index contributed by atoms with van der Waals surface area (Å²) in [6.07, 6.45) is 1.63. The van der Waals surface area contributed by atoms with Crippen molar-refractivity contribution in [2.24, 2.45) is 0 Å². The summed E-state index contributed by atoms with van der Waals surface area (Å²) in [7, 11) is 1.90. The van der Waals surface area contributed by atoms with Gasteiger partial charge in [0.25, 0.3) is 0 Å². The van der Waals surface area contributed by atoms with Gasteiger partial charge in [0.2, 0.25) is 5.91 Å². The summed E-state index contributed by atoms with van der Waals surface area (Å²) in [5, 5.41) is 5.96. The predicted octanol–water partition coefficient (Wildman–Crippen LogP) is 1.77. The molecule has 1 aliphatic heterocycles. The van der Waals surface area contributed by atoms with Crippen LogP contribution in [-0.4, -0.2) is 29.0 Å². The van der Waals surface area contributed by atoms with Crippen LogP contribution < -0.4 is 15.5 Å². The number of hydrogen-bond donors (Lipinski definition) is 2. The molecule has 1 atom stereocenters. The number of amides is 1. The first-order valence-corrected chi connectivity index (χ1v) is 6.74. The van der Waals surface area contributed by atoms with Crippen LogP contribution in [0.25, 0.3) is 0 Å². The molecule has 0 saturated heterocycles. The maximum absolute atomic E-state index is 11.9. The smallest absolute Gasteiger partial charge is 0.246 e. The third-order valence-corrected chi connectivity index (χ3v) is 3.33. The van der Waals surface area contributed by atoms with Crippen molar-refractivity contribution in [3.05, 3.63) is 30.0 Å². The fourth-order valence-corrected chi connectivity index (χ4v) is 2.27. The zero-order valence-electron chi connectivity index (χ0n) is 12.2. The quantitative estimate of drug-likeness (QED) is 0.895. The molecule has 0 aliphatic carbocycles. The van der Waals surface area contributed by atoms with Gasteiger partial charge in [0.1, 0.15) is 23.3 Å². The summed E-state index contributed by atoms with van der Waals surface area (Å²) in [5.74, 6) is 2.69. The van der Waals surface area contributed by atoms with Gasteiger partial charge in [-0.1, -0.05) is 0 Å². The van der Waals surface area contributed by atoms with Crippen LogP contribution in [0.15, 0.2) is 22.8 Å². The zero-order valence-corrected chi connectivity index (χ0v) is 12.2. The number of aryl methyl sites for hydroxylation is 1. The fourth-order valence-electron chi connectivity index (χ4n) is 2.27. The highest BCUT2D eigenvalue weighted by Gasteiger charge is 2.27. The van der Waals surface area contributed by atoms with E-state index in [1.165, 1.54) is 0 Å². The Morgan fingerprint density at radius 3 is 2.95 bits per heavy atom. The summed E-state index contributed by atoms with van der Waals surface area (Å²) in [6, 6.07) is 3.43. The van der Waals surface area contributed by atoms with Crippen LogP contribution in [-0.2, 0) is 11.3 Å². The SMILES string of the molecule is Cc1nc2c(c(N(C)Cc3ccco3)n1)NC(=O)C(C)N2. The molecular weight excluding hydrogens is 270 g/mol. The van der Waals surface area contributed by atoms with Crippen molar-refractivity contribution in [3.8, 4) is 0 Å². The molecule has 21 heavy (non-hydrogen) atoms. The van der Waals surface area contributed by atoms with Crippen molar-refractivity contribution in [1.29, 1.82) is 0 Å². The van der Waals surface area contributed by atoms with Crippen LogP contribution in [0.3, 0.4) is 0 Å². The molecular formula is C14H17N5O2. The molecule has 0 radical (unpaired) electrons. The number of carbonyl (C=O) groups excluding carboxylic acids is 1. The molecule has 2 aromatic rings. The van der Waals surface area contributed by atoms with Gasteiger partial charge in [0, 0.05) is 7.05 Å². The van der Waals surface area contributed by atoms with Crippen LogP contribution in [0, 0.1) is 6.92 Å². The molecule has 3 rings (SSSR count). The summed E-state index contributed by atoms with van der Waals surface area (Å²) < 4.78 is 5.35. The average molecular weight is 287 g/mol. The van der Waals surface area contributed by atoms with Crippen molar-refractivity contribution in [2.45, 2.75) is 26.4 Å². The first kappa shape index (κ1) is 13.4. The van der Waals surface area contributed by atoms with E-state index in [1.807, 2.05) is 31.0 Å². The van der Waals surface area contributed by atoms with Gasteiger partial charge in [0.15, 0.2) is 11.6 Å². The van der Waals surface area contributed by atoms with E-state index in [-0.39, 0.29) is 11.9 Å². The Balaban J connectivity index is 1.96. The Hall–Kier alpha value is -2.57. The van der Waals surface area contributed by atoms with Gasteiger partial charge in [-0.05, 0) is 26.0 Å². The minimum Gasteiger partial charge on any atom is -0.467 e. The molecule has 110 valence electrons. The summed E-state index contributed by atoms with van der Waals surface area (Å²) in [5.41, 5.74) is 0.609. The van der Waals surface area contributed by atoms with Crippen LogP contribution in [0.2, 0.25) is 0 Å². The van der Waals surface area contributed by atoms with E-state index in [0.29, 0.717) is 29.7 Å². The molecule has 0 bridgehead atoms. The number of fused-ring (bicyclic) bond motifs is 1. The van der Waals surface area contributed by atoms with Gasteiger partial charge in [-0.15, -0.1) is 0 Å². The molecule has 0 fully saturated rings. The average Bonchev–Trinajstić information content (AvgIpc) is 2.92. The van der Waals surface area contributed by atoms with Crippen molar-refractivity contribution in [1.82, 2.24) is 9.97 Å². The minimum atomic E-state index is -0.310. The number of rotatable bonds is 3. The highest BCUT2D eigenvalue weighted by molar-refractivity contribution is 6.04. The van der Waals surface area contributed by atoms with Crippen LogP contribution in [0.5, 0.6) is 0 Å². The lowest BCUT2D eigenvalue weighted by Crippen LogP contribution is -2.38. The van der Waals surface area contributed by atoms with E-state index >= 15 is 0 Å². The van der Waals surface area contributed by atoms with Gasteiger partial charge in [-0.2, -0.15) is 0 Å². The van der Waals surface area contributed by atoms with Crippen LogP contribution >= 0.6 is 0 Å². The lowest BCUT2D eigenvalue weighted by molar-refractivity contribution is -0.116. The molecule has 0 aromatic carbocycles. The number of nitrogens with zero attached hydrogens (tertiary/aromatic N) is 3. The molecule has 1 aliphatic rings. The number of anilines is 3. The van der Waals surface area contributed by atoms with Gasteiger partial charge < -0.3 is 20.0 Å². The van der Waals surface area contributed by atoms with E-state index in [9.17, 15) is 4.79 Å². The summed E-state index contributed by atoms with van der Waals surface area (Å²) in [6.45, 7) is 4.18. The van der Waals surface area contributed by atoms with E-state index in [1.54, 1.807) is 13.2 Å². The van der Waals surface area contributed by atoms with Gasteiger partial charge >= 0.3 is 0 Å². The Kier molecular flexibility index (Phi) is 3.25. The topological polar surface area (TPSA) is 83.3 Å². The van der Waals surface area contributed by atoms with Crippen molar-refractivity contribution >= 4 is 23.2 Å². The monoisotopic (exact) mass is 287 g/mol. The third kappa shape index (κ3) is 2.54. The minimum absolute atomic E-state index is 0.0948. The second-order valence-electron chi connectivity index (χ2n) is 5.11. The second-order valence-corrected chi connectivity index (χ2v) is 5.11. The highest BCUT2D eigenvalue weighted by atomic mass is 16.3. The van der Waals surface area contributed by atoms with Crippen LogP contribution in [0.4, 0.5) is 17.3 Å². The highest BCUT2D eigenvalue weighted by Crippen LogP contribution is 2.33. The number of furan rings is 1.